The van der Waals surface area contributed by atoms with Gasteiger partial charge in [0.15, 0.2) is 6.04 Å². The summed E-state index contributed by atoms with van der Waals surface area (Å²) in [7, 11) is 1.30. The van der Waals surface area contributed by atoms with Gasteiger partial charge in [-0.1, -0.05) is 13.8 Å². The van der Waals surface area contributed by atoms with Gasteiger partial charge in [-0.05, 0) is 42.5 Å². The molecule has 0 amide bonds. The van der Waals surface area contributed by atoms with Gasteiger partial charge in [-0.25, -0.2) is 14.8 Å². The first-order valence-electron chi connectivity index (χ1n) is 11.9. The van der Waals surface area contributed by atoms with Crippen LogP contribution in [0.1, 0.15) is 54.2 Å². The first-order valence-corrected chi connectivity index (χ1v) is 11.9. The first-order chi connectivity index (χ1) is 18.0. The highest BCUT2D eigenvalue weighted by Crippen LogP contribution is 2.42. The van der Waals surface area contributed by atoms with Crippen molar-refractivity contribution in [2.24, 2.45) is 12.5 Å². The molecule has 8 nitrogen and oxygen atoms in total. The van der Waals surface area contributed by atoms with E-state index in [2.05, 4.69) is 23.8 Å². The molecule has 1 atom stereocenters. The average Bonchev–Trinajstić information content (AvgIpc) is 2.83. The molecule has 0 saturated carbocycles. The van der Waals surface area contributed by atoms with Crippen LogP contribution in [0.25, 0.3) is 10.9 Å². The van der Waals surface area contributed by atoms with Gasteiger partial charge in [-0.15, -0.1) is 0 Å². The third-order valence-electron chi connectivity index (χ3n) is 6.87. The molecule has 2 aromatic heterocycles. The zero-order valence-corrected chi connectivity index (χ0v) is 21.1. The molecule has 1 aliphatic heterocycles. The number of rotatable bonds is 5. The monoisotopic (exact) mass is 557 g/mol. The number of benzene rings is 1. The molecule has 0 aliphatic carbocycles. The molecule has 1 aliphatic rings. The van der Waals surface area contributed by atoms with Crippen molar-refractivity contribution in [2.75, 3.05) is 23.3 Å². The Kier molecular flexibility index (Phi) is 7.02. The Morgan fingerprint density at radius 2 is 1.77 bits per heavy atom. The van der Waals surface area contributed by atoms with Gasteiger partial charge in [0.05, 0.1) is 16.5 Å². The summed E-state index contributed by atoms with van der Waals surface area (Å²) in [6.45, 7) is 4.98. The van der Waals surface area contributed by atoms with Crippen LogP contribution in [-0.2, 0) is 13.2 Å². The van der Waals surface area contributed by atoms with Crippen molar-refractivity contribution in [1.29, 1.82) is 0 Å². The fourth-order valence-electron chi connectivity index (χ4n) is 4.54. The largest absolute Gasteiger partial charge is 0.478 e. The number of pyridine rings is 1. The molecule has 1 saturated heterocycles. The number of alkyl halides is 6. The van der Waals surface area contributed by atoms with E-state index in [4.69, 9.17) is 0 Å². The lowest BCUT2D eigenvalue weighted by Crippen LogP contribution is -2.41. The van der Waals surface area contributed by atoms with Gasteiger partial charge in [0, 0.05) is 31.9 Å². The number of anilines is 2. The van der Waals surface area contributed by atoms with Crippen LogP contribution in [0.3, 0.4) is 0 Å². The minimum Gasteiger partial charge on any atom is -0.478 e. The highest BCUT2D eigenvalue weighted by Gasteiger charge is 2.45. The van der Waals surface area contributed by atoms with E-state index in [1.165, 1.54) is 13.1 Å². The number of piperidine rings is 1. The summed E-state index contributed by atoms with van der Waals surface area (Å²) in [5.41, 5.74) is -4.61. The number of carboxylic acid groups (broad SMARTS) is 1. The minimum absolute atomic E-state index is 0.00514. The maximum Gasteiger partial charge on any atom is 0.416 e. The van der Waals surface area contributed by atoms with Gasteiger partial charge < -0.3 is 15.3 Å². The molecule has 4 rings (SSSR count). The minimum atomic E-state index is -5.23. The van der Waals surface area contributed by atoms with E-state index >= 15 is 0 Å². The number of nitrogens with one attached hydrogen (secondary N) is 1. The van der Waals surface area contributed by atoms with Crippen LogP contribution in [0.15, 0.2) is 35.3 Å². The zero-order chi connectivity index (χ0) is 28.9. The van der Waals surface area contributed by atoms with Crippen LogP contribution < -0.4 is 15.8 Å². The van der Waals surface area contributed by atoms with Gasteiger partial charge in [0.2, 0.25) is 5.95 Å². The van der Waals surface area contributed by atoms with E-state index < -0.39 is 63.3 Å². The molecule has 0 bridgehead atoms. The second kappa shape index (κ2) is 9.72. The Hall–Kier alpha value is -3.84. The molecule has 39 heavy (non-hydrogen) atoms. The lowest BCUT2D eigenvalue weighted by atomic mass is 9.83. The molecule has 14 heteroatoms. The van der Waals surface area contributed by atoms with Crippen LogP contribution in [0.4, 0.5) is 38.1 Å². The highest BCUT2D eigenvalue weighted by atomic mass is 19.4. The second-order valence-corrected chi connectivity index (χ2v) is 10.2. The first kappa shape index (κ1) is 28.2. The SMILES string of the molecule is Cn1c(N2CCC(C)(C)CC2)nc2c([C@H](Nc3ncccc3C(=O)O)C(F)(F)F)cc(C(F)(F)F)cc2c1=O. The van der Waals surface area contributed by atoms with Crippen molar-refractivity contribution in [3.63, 3.8) is 0 Å². The number of nitrogens with zero attached hydrogens (tertiary/aromatic N) is 4. The molecule has 0 unspecified atom stereocenters. The summed E-state index contributed by atoms with van der Waals surface area (Å²) in [5, 5.41) is 10.7. The normalized spacial score (nSPS) is 16.8. The van der Waals surface area contributed by atoms with Crippen molar-refractivity contribution < 1.29 is 36.2 Å². The van der Waals surface area contributed by atoms with E-state index in [-0.39, 0.29) is 17.4 Å². The molecule has 1 aromatic carbocycles. The molecule has 2 N–H and O–H groups in total. The molecule has 0 spiro atoms. The third kappa shape index (κ3) is 5.64. The predicted octanol–water partition coefficient (Wildman–Crippen LogP) is 5.39. The van der Waals surface area contributed by atoms with Crippen molar-refractivity contribution in [3.8, 4) is 0 Å². The maximum atomic E-state index is 14.5. The quantitative estimate of drug-likeness (QED) is 0.406. The molecule has 3 heterocycles. The Morgan fingerprint density at radius 3 is 2.33 bits per heavy atom. The predicted molar refractivity (Wildman–Crippen MR) is 131 cm³/mol. The summed E-state index contributed by atoms with van der Waals surface area (Å²) >= 11 is 0. The number of carboxylic acids is 1. The van der Waals surface area contributed by atoms with Gasteiger partial charge in [0.1, 0.15) is 11.4 Å². The van der Waals surface area contributed by atoms with Gasteiger partial charge in [-0.3, -0.25) is 9.36 Å². The molecular formula is C25H25F6N5O3. The van der Waals surface area contributed by atoms with Gasteiger partial charge >= 0.3 is 18.3 Å². The van der Waals surface area contributed by atoms with E-state index in [0.717, 1.165) is 16.8 Å². The second-order valence-electron chi connectivity index (χ2n) is 10.2. The van der Waals surface area contributed by atoms with E-state index in [1.54, 1.807) is 4.90 Å². The van der Waals surface area contributed by atoms with Crippen molar-refractivity contribution >= 4 is 28.6 Å². The number of carbonyl (C=O) groups is 1. The maximum absolute atomic E-state index is 14.5. The van der Waals surface area contributed by atoms with E-state index in [1.807, 2.05) is 5.32 Å². The van der Waals surface area contributed by atoms with Crippen LogP contribution in [-0.4, -0.2) is 44.9 Å². The number of halogens is 6. The topological polar surface area (TPSA) is 100 Å². The van der Waals surface area contributed by atoms with Crippen molar-refractivity contribution in [2.45, 2.75) is 45.1 Å². The molecule has 210 valence electrons. The number of aromatic nitrogens is 3. The molecule has 0 radical (unpaired) electrons. The summed E-state index contributed by atoms with van der Waals surface area (Å²) < 4.78 is 85.8. The van der Waals surface area contributed by atoms with Crippen molar-refractivity contribution in [1.82, 2.24) is 14.5 Å². The fraction of sp³-hybridized carbons (Fsp3) is 0.440. The summed E-state index contributed by atoms with van der Waals surface area (Å²) in [4.78, 5) is 34.5. The smallest absolute Gasteiger partial charge is 0.416 e. The lowest BCUT2D eigenvalue weighted by Gasteiger charge is -2.38. The van der Waals surface area contributed by atoms with Crippen LogP contribution in [0.5, 0.6) is 0 Å². The lowest BCUT2D eigenvalue weighted by molar-refractivity contribution is -0.145. The van der Waals surface area contributed by atoms with Gasteiger partial charge in [0.25, 0.3) is 5.56 Å². The molecule has 1 fully saturated rings. The highest BCUT2D eigenvalue weighted by molar-refractivity contribution is 5.93. The Labute approximate surface area is 218 Å². The van der Waals surface area contributed by atoms with E-state index in [9.17, 15) is 41.0 Å². The van der Waals surface area contributed by atoms with Crippen molar-refractivity contribution in [3.05, 3.63) is 57.5 Å². The standard InChI is InChI=1S/C25H25F6N5O3/c1-23(2)6-9-36(10-7-23)22-33-17-15(11-13(24(26,27)28)12-16(17)20(37)35(22)3)18(25(29,30)31)34-19-14(21(38)39)5-4-8-32-19/h4-5,8,11-12,18H,6-7,9-10H2,1-3H3,(H,32,34)(H,38,39)/t18-/m0/s1. The number of hydrogen-bond acceptors (Lipinski definition) is 6. The Bertz CT molecular complexity index is 1470. The van der Waals surface area contributed by atoms with Crippen LogP contribution in [0.2, 0.25) is 0 Å². The third-order valence-corrected chi connectivity index (χ3v) is 6.87. The Morgan fingerprint density at radius 1 is 1.13 bits per heavy atom. The fourth-order valence-corrected chi connectivity index (χ4v) is 4.54. The van der Waals surface area contributed by atoms with E-state index in [0.29, 0.717) is 32.0 Å². The van der Waals surface area contributed by atoms with Crippen LogP contribution in [0, 0.1) is 5.41 Å². The summed E-state index contributed by atoms with van der Waals surface area (Å²) in [6.07, 6.45) is -7.88. The zero-order valence-electron chi connectivity index (χ0n) is 21.1. The number of fused-ring (bicyclic) bond motifs is 1. The number of aromatic carboxylic acids is 1. The summed E-state index contributed by atoms with van der Waals surface area (Å²) in [6, 6.07) is 0.0804. The average molecular weight is 557 g/mol. The Balaban J connectivity index is 1.99. The van der Waals surface area contributed by atoms with Gasteiger partial charge in [-0.2, -0.15) is 26.3 Å². The summed E-state index contributed by atoms with van der Waals surface area (Å²) in [5.74, 6) is -2.28. The van der Waals surface area contributed by atoms with Crippen LogP contribution >= 0.6 is 0 Å². The molecular weight excluding hydrogens is 532 g/mol. The molecule has 3 aromatic rings. The number of hydrogen-bond donors (Lipinski definition) is 2.